The number of carbonyl (C=O) groups excluding carboxylic acids is 1. The Morgan fingerprint density at radius 3 is 2.04 bits per heavy atom. The number of carbonyl (C=O) groups is 3. The zero-order chi connectivity index (χ0) is 20.1. The van der Waals surface area contributed by atoms with Gasteiger partial charge in [0, 0.05) is 6.42 Å². The number of carboxylic acid groups (broad SMARTS) is 2. The Kier molecular flexibility index (Phi) is 5.80. The summed E-state index contributed by atoms with van der Waals surface area (Å²) in [6.07, 6.45) is 0.168. The quantitative estimate of drug-likeness (QED) is 0.546. The molecule has 0 amide bonds. The minimum absolute atomic E-state index is 0.0659. The number of Topliss-reactive ketones (excluding diaryl/α,β-unsaturated/α-hetero) is 1. The number of ketones is 1. The highest BCUT2D eigenvalue weighted by Crippen LogP contribution is 2.19. The molecule has 0 saturated carbocycles. The van der Waals surface area contributed by atoms with Crippen LogP contribution < -0.4 is 0 Å². The van der Waals surface area contributed by atoms with Gasteiger partial charge in [0.2, 0.25) is 5.16 Å². The van der Waals surface area contributed by atoms with Crippen LogP contribution in [0.1, 0.15) is 26.3 Å². The van der Waals surface area contributed by atoms with Crippen LogP contribution in [0.25, 0.3) is 5.69 Å². The summed E-state index contributed by atoms with van der Waals surface area (Å²) in [7, 11) is 0. The third kappa shape index (κ3) is 4.60. The lowest BCUT2D eigenvalue weighted by molar-refractivity contribution is -0.116. The molecule has 2 aromatic carbocycles. The molecule has 0 aliphatic rings. The fourth-order valence-corrected chi connectivity index (χ4v) is 3.12. The van der Waals surface area contributed by atoms with Crippen LogP contribution in [0.2, 0.25) is 0 Å². The highest BCUT2D eigenvalue weighted by molar-refractivity contribution is 7.99. The number of carboxylic acids is 2. The van der Waals surface area contributed by atoms with E-state index in [4.69, 9.17) is 10.2 Å². The molecule has 28 heavy (non-hydrogen) atoms. The van der Waals surface area contributed by atoms with Crippen LogP contribution >= 0.6 is 11.8 Å². The van der Waals surface area contributed by atoms with Crippen molar-refractivity contribution in [2.45, 2.75) is 11.6 Å². The van der Waals surface area contributed by atoms with Gasteiger partial charge in [0.15, 0.2) is 0 Å². The zero-order valence-electron chi connectivity index (χ0n) is 14.3. The van der Waals surface area contributed by atoms with E-state index in [-0.39, 0.29) is 29.1 Å². The molecule has 0 fully saturated rings. The predicted molar refractivity (Wildman–Crippen MR) is 98.9 cm³/mol. The van der Waals surface area contributed by atoms with Crippen LogP contribution in [-0.2, 0) is 11.2 Å². The number of thioether (sulfide) groups is 1. The molecule has 0 aliphatic heterocycles. The summed E-state index contributed by atoms with van der Waals surface area (Å²) in [5.74, 6) is -1.98. The average molecular weight is 398 g/mol. The average Bonchev–Trinajstić information content (AvgIpc) is 3.15. The predicted octanol–water partition coefficient (Wildman–Crippen LogP) is 1.96. The van der Waals surface area contributed by atoms with E-state index in [1.165, 1.54) is 28.9 Å². The van der Waals surface area contributed by atoms with Crippen molar-refractivity contribution in [3.8, 4) is 5.69 Å². The van der Waals surface area contributed by atoms with Gasteiger partial charge in [-0.25, -0.2) is 9.59 Å². The number of tetrazole rings is 1. The summed E-state index contributed by atoms with van der Waals surface area (Å²) in [5, 5.41) is 29.6. The molecule has 2 N–H and O–H groups in total. The molecule has 10 heteroatoms. The first-order valence-corrected chi connectivity index (χ1v) is 9.01. The van der Waals surface area contributed by atoms with Gasteiger partial charge in [-0.2, -0.15) is 4.68 Å². The lowest BCUT2D eigenvalue weighted by Gasteiger charge is -2.05. The van der Waals surface area contributed by atoms with E-state index in [0.717, 1.165) is 17.3 Å². The largest absolute Gasteiger partial charge is 0.478 e. The summed E-state index contributed by atoms with van der Waals surface area (Å²) < 4.78 is 1.42. The van der Waals surface area contributed by atoms with E-state index >= 15 is 0 Å². The molecular weight excluding hydrogens is 384 g/mol. The van der Waals surface area contributed by atoms with E-state index < -0.39 is 11.9 Å². The van der Waals surface area contributed by atoms with Gasteiger partial charge in [-0.3, -0.25) is 4.79 Å². The molecule has 3 rings (SSSR count). The van der Waals surface area contributed by atoms with E-state index in [2.05, 4.69) is 15.5 Å². The van der Waals surface area contributed by atoms with E-state index in [0.29, 0.717) is 10.8 Å². The minimum Gasteiger partial charge on any atom is -0.478 e. The number of aromatic carboxylic acids is 2. The number of nitrogens with zero attached hydrogens (tertiary/aromatic N) is 4. The second kappa shape index (κ2) is 8.44. The molecular formula is C18H14N4O5S. The van der Waals surface area contributed by atoms with Crippen LogP contribution in [-0.4, -0.2) is 53.9 Å². The Hall–Kier alpha value is -3.53. The number of hydrogen-bond acceptors (Lipinski definition) is 7. The van der Waals surface area contributed by atoms with Crippen LogP contribution in [0.15, 0.2) is 53.7 Å². The summed E-state index contributed by atoms with van der Waals surface area (Å²) >= 11 is 1.16. The molecule has 0 bridgehead atoms. The third-order valence-electron chi connectivity index (χ3n) is 3.76. The first-order valence-electron chi connectivity index (χ1n) is 8.03. The van der Waals surface area contributed by atoms with Gasteiger partial charge in [0.25, 0.3) is 0 Å². The van der Waals surface area contributed by atoms with Gasteiger partial charge < -0.3 is 10.2 Å². The van der Waals surface area contributed by atoms with Crippen LogP contribution in [0, 0.1) is 0 Å². The van der Waals surface area contributed by atoms with Crippen molar-refractivity contribution in [3.05, 3.63) is 65.2 Å². The zero-order valence-corrected chi connectivity index (χ0v) is 15.2. The molecule has 0 unspecified atom stereocenters. The number of rotatable bonds is 8. The van der Waals surface area contributed by atoms with Crippen molar-refractivity contribution >= 4 is 29.5 Å². The van der Waals surface area contributed by atoms with Gasteiger partial charge in [-0.1, -0.05) is 23.9 Å². The van der Waals surface area contributed by atoms with Crippen LogP contribution in [0.3, 0.4) is 0 Å². The van der Waals surface area contributed by atoms with Crippen molar-refractivity contribution in [2.75, 3.05) is 5.75 Å². The molecule has 9 nitrogen and oxygen atoms in total. The second-order valence-corrected chi connectivity index (χ2v) is 6.67. The highest BCUT2D eigenvalue weighted by atomic mass is 32.2. The maximum atomic E-state index is 12.2. The normalized spacial score (nSPS) is 10.6. The van der Waals surface area contributed by atoms with Crippen molar-refractivity contribution in [1.82, 2.24) is 20.2 Å². The smallest absolute Gasteiger partial charge is 0.335 e. The fraction of sp³-hybridized carbons (Fsp3) is 0.111. The molecule has 0 atom stereocenters. The molecule has 142 valence electrons. The lowest BCUT2D eigenvalue weighted by atomic mass is 10.1. The first kappa shape index (κ1) is 19.2. The van der Waals surface area contributed by atoms with Gasteiger partial charge in [-0.15, -0.1) is 5.10 Å². The summed E-state index contributed by atoms with van der Waals surface area (Å²) in [5.41, 5.74) is 1.61. The van der Waals surface area contributed by atoms with Crippen molar-refractivity contribution in [3.63, 3.8) is 0 Å². The SMILES string of the molecule is O=C(CSc1nnnn1-c1ccc(C(=O)O)cc1)Cc1ccc(C(=O)O)cc1. The van der Waals surface area contributed by atoms with Crippen molar-refractivity contribution < 1.29 is 24.6 Å². The molecule has 1 heterocycles. The standard InChI is InChI=1S/C18H14N4O5S/c23-15(9-11-1-3-12(4-2-11)16(24)25)10-28-18-19-20-21-22(18)14-7-5-13(6-8-14)17(26)27/h1-8H,9-10H2,(H,24,25)(H,26,27). The van der Waals surface area contributed by atoms with Crippen LogP contribution in [0.5, 0.6) is 0 Å². The lowest BCUT2D eigenvalue weighted by Crippen LogP contribution is -2.08. The molecule has 3 aromatic rings. The van der Waals surface area contributed by atoms with Gasteiger partial charge >= 0.3 is 11.9 Å². The second-order valence-electron chi connectivity index (χ2n) is 5.73. The Morgan fingerprint density at radius 1 is 0.893 bits per heavy atom. The minimum atomic E-state index is -1.03. The number of aromatic nitrogens is 4. The Morgan fingerprint density at radius 2 is 1.46 bits per heavy atom. The van der Waals surface area contributed by atoms with Crippen molar-refractivity contribution in [2.24, 2.45) is 0 Å². The van der Waals surface area contributed by atoms with E-state index in [1.807, 2.05) is 0 Å². The molecule has 0 spiro atoms. The Bertz CT molecular complexity index is 1020. The first-order chi connectivity index (χ1) is 13.4. The Labute approximate surface area is 163 Å². The molecule has 0 saturated heterocycles. The maximum absolute atomic E-state index is 12.2. The number of hydrogen-bond donors (Lipinski definition) is 2. The molecule has 1 aromatic heterocycles. The van der Waals surface area contributed by atoms with Gasteiger partial charge in [0.1, 0.15) is 5.78 Å². The van der Waals surface area contributed by atoms with Gasteiger partial charge in [0.05, 0.1) is 22.6 Å². The Balaban J connectivity index is 1.62. The summed E-state index contributed by atoms with van der Waals surface area (Å²) in [6.45, 7) is 0. The van der Waals surface area contributed by atoms with Gasteiger partial charge in [-0.05, 0) is 52.4 Å². The topological polar surface area (TPSA) is 135 Å². The van der Waals surface area contributed by atoms with Crippen LogP contribution in [0.4, 0.5) is 0 Å². The molecule has 0 radical (unpaired) electrons. The van der Waals surface area contributed by atoms with E-state index in [9.17, 15) is 14.4 Å². The highest BCUT2D eigenvalue weighted by Gasteiger charge is 2.13. The van der Waals surface area contributed by atoms with Crippen molar-refractivity contribution in [1.29, 1.82) is 0 Å². The summed E-state index contributed by atoms with van der Waals surface area (Å²) in [4.78, 5) is 34.0. The monoisotopic (exact) mass is 398 g/mol. The number of benzene rings is 2. The maximum Gasteiger partial charge on any atom is 0.335 e. The molecule has 0 aliphatic carbocycles. The van der Waals surface area contributed by atoms with E-state index in [1.54, 1.807) is 24.3 Å². The summed E-state index contributed by atoms with van der Waals surface area (Å²) in [6, 6.07) is 12.2. The third-order valence-corrected chi connectivity index (χ3v) is 4.74. The fourth-order valence-electron chi connectivity index (χ4n) is 2.37.